The Kier molecular flexibility index (Phi) is 4.91. The van der Waals surface area contributed by atoms with Gasteiger partial charge in [0.1, 0.15) is 0 Å². The summed E-state index contributed by atoms with van der Waals surface area (Å²) < 4.78 is 0. The molecule has 2 N–H and O–H groups in total. The van der Waals surface area contributed by atoms with Crippen molar-refractivity contribution in [2.24, 2.45) is 5.41 Å². The largest absolute Gasteiger partial charge is 0.359 e. The van der Waals surface area contributed by atoms with E-state index in [1.165, 1.54) is 5.56 Å². The molecule has 1 aliphatic rings. The molecular weight excluding hydrogens is 238 g/mol. The lowest BCUT2D eigenvalue weighted by molar-refractivity contribution is -0.132. The molecule has 0 spiro atoms. The van der Waals surface area contributed by atoms with Gasteiger partial charge in [-0.25, -0.2) is 0 Å². The second-order valence-corrected chi connectivity index (χ2v) is 5.35. The monoisotopic (exact) mass is 261 g/mol. The predicted octanol–water partition coefficient (Wildman–Crippen LogP) is 1.52. The van der Waals surface area contributed by atoms with Gasteiger partial charge in [-0.1, -0.05) is 6.07 Å². The van der Waals surface area contributed by atoms with Crippen molar-refractivity contribution in [1.29, 1.82) is 0 Å². The number of hydrogen-bond acceptors (Lipinski definition) is 3. The fourth-order valence-corrected chi connectivity index (χ4v) is 2.93. The molecule has 104 valence electrons. The van der Waals surface area contributed by atoms with Crippen LogP contribution in [0, 0.1) is 5.41 Å². The highest BCUT2D eigenvalue weighted by atomic mass is 16.2. The lowest BCUT2D eigenvalue weighted by Gasteiger charge is -2.36. The Bertz CT molecular complexity index is 399. The van der Waals surface area contributed by atoms with Crippen molar-refractivity contribution in [2.75, 3.05) is 20.1 Å². The topological polar surface area (TPSA) is 54.0 Å². The van der Waals surface area contributed by atoms with Gasteiger partial charge in [0.25, 0.3) is 0 Å². The average molecular weight is 261 g/mol. The number of nitrogens with one attached hydrogen (secondary N) is 2. The molecular formula is C15H23N3O. The van der Waals surface area contributed by atoms with E-state index in [-0.39, 0.29) is 11.3 Å². The van der Waals surface area contributed by atoms with E-state index in [2.05, 4.69) is 21.7 Å². The van der Waals surface area contributed by atoms with Crippen molar-refractivity contribution in [3.05, 3.63) is 30.1 Å². The first-order chi connectivity index (χ1) is 9.27. The Morgan fingerprint density at radius 1 is 1.58 bits per heavy atom. The Morgan fingerprint density at radius 2 is 2.47 bits per heavy atom. The van der Waals surface area contributed by atoms with E-state index in [4.69, 9.17) is 0 Å². The number of carbonyl (C=O) groups is 1. The Balaban J connectivity index is 1.91. The molecule has 0 aromatic carbocycles. The molecule has 1 aliphatic heterocycles. The van der Waals surface area contributed by atoms with Crippen LogP contribution in [-0.2, 0) is 11.2 Å². The maximum atomic E-state index is 12.2. The van der Waals surface area contributed by atoms with Crippen LogP contribution in [0.1, 0.15) is 31.2 Å². The van der Waals surface area contributed by atoms with Crippen LogP contribution in [0.15, 0.2) is 24.5 Å². The van der Waals surface area contributed by atoms with Crippen molar-refractivity contribution in [1.82, 2.24) is 15.6 Å². The molecule has 2 heterocycles. The number of piperidine rings is 1. The van der Waals surface area contributed by atoms with Gasteiger partial charge in [-0.15, -0.1) is 0 Å². The Hall–Kier alpha value is -1.42. The maximum absolute atomic E-state index is 12.2. The highest BCUT2D eigenvalue weighted by Crippen LogP contribution is 2.32. The minimum Gasteiger partial charge on any atom is -0.359 e. The molecule has 1 atom stereocenters. The summed E-state index contributed by atoms with van der Waals surface area (Å²) in [5.74, 6) is 0.186. The summed E-state index contributed by atoms with van der Waals surface area (Å²) in [7, 11) is 1.74. The van der Waals surface area contributed by atoms with E-state index < -0.39 is 0 Å². The summed E-state index contributed by atoms with van der Waals surface area (Å²) in [4.78, 5) is 16.3. The third-order valence-electron chi connectivity index (χ3n) is 4.02. The van der Waals surface area contributed by atoms with E-state index in [9.17, 15) is 4.79 Å². The van der Waals surface area contributed by atoms with Crippen LogP contribution in [0.3, 0.4) is 0 Å². The zero-order valence-corrected chi connectivity index (χ0v) is 11.6. The molecule has 0 radical (unpaired) electrons. The van der Waals surface area contributed by atoms with Crippen LogP contribution in [0.5, 0.6) is 0 Å². The molecule has 4 heteroatoms. The number of carbonyl (C=O) groups excluding carboxylic acids is 1. The van der Waals surface area contributed by atoms with Gasteiger partial charge in [-0.05, 0) is 50.3 Å². The molecule has 4 nitrogen and oxygen atoms in total. The lowest BCUT2D eigenvalue weighted by atomic mass is 9.75. The number of hydrogen-bond donors (Lipinski definition) is 2. The molecule has 0 aliphatic carbocycles. The maximum Gasteiger partial charge on any atom is 0.227 e. The fourth-order valence-electron chi connectivity index (χ4n) is 2.93. The van der Waals surface area contributed by atoms with Gasteiger partial charge in [-0.3, -0.25) is 9.78 Å². The third-order valence-corrected chi connectivity index (χ3v) is 4.02. The number of aryl methyl sites for hydroxylation is 1. The van der Waals surface area contributed by atoms with Crippen LogP contribution in [0.2, 0.25) is 0 Å². The number of rotatable bonds is 5. The summed E-state index contributed by atoms with van der Waals surface area (Å²) >= 11 is 0. The molecule has 1 amide bonds. The lowest BCUT2D eigenvalue weighted by Crippen LogP contribution is -2.49. The summed E-state index contributed by atoms with van der Waals surface area (Å²) in [5, 5.41) is 6.20. The standard InChI is InChI=1S/C15H23N3O/c1-16-14(19)15(8-4-10-18-12-15)7-2-5-13-6-3-9-17-11-13/h3,6,9,11,18H,2,4-5,7-8,10,12H2,1H3,(H,16,19). The van der Waals surface area contributed by atoms with E-state index >= 15 is 0 Å². The van der Waals surface area contributed by atoms with Crippen molar-refractivity contribution >= 4 is 5.91 Å². The summed E-state index contributed by atoms with van der Waals surface area (Å²) in [5.41, 5.74) is 1.04. The van der Waals surface area contributed by atoms with E-state index in [0.29, 0.717) is 0 Å². The van der Waals surface area contributed by atoms with E-state index in [1.54, 1.807) is 13.2 Å². The minimum atomic E-state index is -0.213. The minimum absolute atomic E-state index is 0.186. The van der Waals surface area contributed by atoms with E-state index in [0.717, 1.165) is 45.2 Å². The zero-order chi connectivity index (χ0) is 13.6. The van der Waals surface area contributed by atoms with Gasteiger partial charge >= 0.3 is 0 Å². The summed E-state index contributed by atoms with van der Waals surface area (Å²) in [6, 6.07) is 4.06. The van der Waals surface area contributed by atoms with Crippen LogP contribution in [0.25, 0.3) is 0 Å². The van der Waals surface area contributed by atoms with Crippen LogP contribution >= 0.6 is 0 Å². The molecule has 0 bridgehead atoms. The average Bonchev–Trinajstić information content (AvgIpc) is 2.48. The second kappa shape index (κ2) is 6.66. The number of pyridine rings is 1. The number of amides is 1. The smallest absolute Gasteiger partial charge is 0.227 e. The SMILES string of the molecule is CNC(=O)C1(CCCc2cccnc2)CCCNC1. The molecule has 0 saturated carbocycles. The first kappa shape index (κ1) is 14.0. The van der Waals surface area contributed by atoms with Gasteiger partial charge in [0.15, 0.2) is 0 Å². The number of aromatic nitrogens is 1. The molecule has 1 aromatic rings. The second-order valence-electron chi connectivity index (χ2n) is 5.35. The molecule has 1 unspecified atom stereocenters. The first-order valence-electron chi connectivity index (χ1n) is 7.09. The van der Waals surface area contributed by atoms with Gasteiger partial charge < -0.3 is 10.6 Å². The normalized spacial score (nSPS) is 23.0. The quantitative estimate of drug-likeness (QED) is 0.845. The van der Waals surface area contributed by atoms with Crippen molar-refractivity contribution in [3.8, 4) is 0 Å². The summed E-state index contributed by atoms with van der Waals surface area (Å²) in [6.07, 6.45) is 8.74. The van der Waals surface area contributed by atoms with Gasteiger partial charge in [0.2, 0.25) is 5.91 Å². The van der Waals surface area contributed by atoms with Crippen LogP contribution in [-0.4, -0.2) is 31.0 Å². The first-order valence-corrected chi connectivity index (χ1v) is 7.09. The van der Waals surface area contributed by atoms with Crippen molar-refractivity contribution in [2.45, 2.75) is 32.1 Å². The molecule has 1 fully saturated rings. The molecule has 1 saturated heterocycles. The molecule has 19 heavy (non-hydrogen) atoms. The third kappa shape index (κ3) is 3.53. The van der Waals surface area contributed by atoms with Crippen LogP contribution < -0.4 is 10.6 Å². The highest BCUT2D eigenvalue weighted by molar-refractivity contribution is 5.82. The Morgan fingerprint density at radius 3 is 3.11 bits per heavy atom. The van der Waals surface area contributed by atoms with E-state index in [1.807, 2.05) is 12.3 Å². The molecule has 2 rings (SSSR count). The van der Waals surface area contributed by atoms with Crippen molar-refractivity contribution < 1.29 is 4.79 Å². The fraction of sp³-hybridized carbons (Fsp3) is 0.600. The summed E-state index contributed by atoms with van der Waals surface area (Å²) in [6.45, 7) is 1.83. The van der Waals surface area contributed by atoms with Crippen molar-refractivity contribution in [3.63, 3.8) is 0 Å². The van der Waals surface area contributed by atoms with Crippen LogP contribution in [0.4, 0.5) is 0 Å². The zero-order valence-electron chi connectivity index (χ0n) is 11.6. The Labute approximate surface area is 115 Å². The predicted molar refractivity (Wildman–Crippen MR) is 75.8 cm³/mol. The highest BCUT2D eigenvalue weighted by Gasteiger charge is 2.38. The number of nitrogens with zero attached hydrogens (tertiary/aromatic N) is 1. The van der Waals surface area contributed by atoms with Gasteiger partial charge in [0.05, 0.1) is 5.41 Å². The molecule has 1 aromatic heterocycles. The van der Waals surface area contributed by atoms with Gasteiger partial charge in [0, 0.05) is 26.0 Å². The van der Waals surface area contributed by atoms with Gasteiger partial charge in [-0.2, -0.15) is 0 Å².